The average molecular weight is 395 g/mol. The number of amides is 1. The van der Waals surface area contributed by atoms with Crippen LogP contribution in [0.4, 0.5) is 5.82 Å². The van der Waals surface area contributed by atoms with E-state index in [4.69, 9.17) is 0 Å². The summed E-state index contributed by atoms with van der Waals surface area (Å²) in [5, 5.41) is 2.88. The van der Waals surface area contributed by atoms with Crippen LogP contribution >= 0.6 is 12.4 Å². The van der Waals surface area contributed by atoms with Gasteiger partial charge in [-0.05, 0) is 47.4 Å². The number of halogens is 1. The molecule has 0 aliphatic heterocycles. The predicted molar refractivity (Wildman–Crippen MR) is 115 cm³/mol. The first-order chi connectivity index (χ1) is 12.9. The van der Waals surface area contributed by atoms with Crippen molar-refractivity contribution in [1.82, 2.24) is 14.4 Å². The van der Waals surface area contributed by atoms with Crippen LogP contribution < -0.4 is 5.32 Å². The maximum absolute atomic E-state index is 12.5. The van der Waals surface area contributed by atoms with E-state index in [2.05, 4.69) is 36.1 Å². The maximum Gasteiger partial charge on any atom is 0.256 e. The van der Waals surface area contributed by atoms with Crippen LogP contribution in [0.15, 0.2) is 67.1 Å². The molecule has 0 saturated carbocycles. The summed E-state index contributed by atoms with van der Waals surface area (Å²) in [6, 6.07) is 15.6. The quantitative estimate of drug-likeness (QED) is 0.495. The third-order valence-electron chi connectivity index (χ3n) is 4.61. The highest BCUT2D eigenvalue weighted by atomic mass is 35.5. The molecule has 1 amide bonds. The van der Waals surface area contributed by atoms with E-state index in [9.17, 15) is 4.79 Å². The Hall–Kier alpha value is -3.05. The first-order valence-corrected chi connectivity index (χ1v) is 8.94. The Balaban J connectivity index is 0.00000225. The zero-order valence-corrected chi connectivity index (χ0v) is 16.9. The first kappa shape index (κ1) is 19.7. The van der Waals surface area contributed by atoms with Gasteiger partial charge < -0.3 is 14.7 Å². The van der Waals surface area contributed by atoms with Crippen molar-refractivity contribution >= 4 is 29.8 Å². The first-order valence-electron chi connectivity index (χ1n) is 8.94. The number of imidazole rings is 1. The van der Waals surface area contributed by atoms with Gasteiger partial charge >= 0.3 is 0 Å². The third kappa shape index (κ3) is 3.94. The van der Waals surface area contributed by atoms with Gasteiger partial charge in [-0.3, -0.25) is 4.79 Å². The number of carbonyl (C=O) groups is 1. The molecule has 3 aromatic heterocycles. The molecule has 0 bridgehead atoms. The number of fused-ring (bicyclic) bond motifs is 1. The van der Waals surface area contributed by atoms with Gasteiger partial charge in [0.1, 0.15) is 5.65 Å². The van der Waals surface area contributed by atoms with Crippen LogP contribution in [-0.2, 0) is 5.41 Å². The van der Waals surface area contributed by atoms with E-state index in [1.54, 1.807) is 0 Å². The number of nitrogens with zero attached hydrogens (tertiary/aromatic N) is 2. The minimum atomic E-state index is -0.163. The number of H-pyrrole nitrogens is 1. The summed E-state index contributed by atoms with van der Waals surface area (Å²) in [6.45, 7) is 6.46. The van der Waals surface area contributed by atoms with E-state index < -0.39 is 0 Å². The largest absolute Gasteiger partial charge is 0.361 e. The molecule has 0 radical (unpaired) electrons. The van der Waals surface area contributed by atoms with Crippen LogP contribution in [0, 0.1) is 0 Å². The second-order valence-corrected chi connectivity index (χ2v) is 7.67. The van der Waals surface area contributed by atoms with Crippen LogP contribution in [-0.4, -0.2) is 20.3 Å². The topological polar surface area (TPSA) is 62.2 Å². The predicted octanol–water partition coefficient (Wildman–Crippen LogP) is 5.30. The third-order valence-corrected chi connectivity index (χ3v) is 4.61. The van der Waals surface area contributed by atoms with E-state index in [0.717, 1.165) is 16.9 Å². The monoisotopic (exact) mass is 394 g/mol. The Morgan fingerprint density at radius 1 is 1.04 bits per heavy atom. The number of anilines is 1. The molecule has 0 aliphatic rings. The van der Waals surface area contributed by atoms with E-state index in [-0.39, 0.29) is 23.7 Å². The number of aromatic amines is 1. The van der Waals surface area contributed by atoms with Gasteiger partial charge in [0.2, 0.25) is 0 Å². The molecule has 4 rings (SSSR count). The Morgan fingerprint density at radius 2 is 1.79 bits per heavy atom. The number of nitrogens with one attached hydrogen (secondary N) is 2. The second-order valence-electron chi connectivity index (χ2n) is 7.67. The number of aromatic nitrogens is 3. The smallest absolute Gasteiger partial charge is 0.256 e. The molecule has 0 saturated heterocycles. The van der Waals surface area contributed by atoms with Crippen molar-refractivity contribution in [1.29, 1.82) is 0 Å². The number of pyridine rings is 1. The van der Waals surface area contributed by atoms with Crippen molar-refractivity contribution in [2.75, 3.05) is 5.32 Å². The molecule has 28 heavy (non-hydrogen) atoms. The molecule has 0 unspecified atom stereocenters. The van der Waals surface area contributed by atoms with E-state index in [1.807, 2.05) is 71.5 Å². The van der Waals surface area contributed by atoms with E-state index in [1.165, 1.54) is 5.56 Å². The minimum absolute atomic E-state index is 0. The molecule has 6 heteroatoms. The fraction of sp³-hybridized carbons (Fsp3) is 0.182. The summed E-state index contributed by atoms with van der Waals surface area (Å²) in [5.41, 5.74) is 4.75. The molecule has 0 spiro atoms. The number of rotatable bonds is 3. The zero-order chi connectivity index (χ0) is 19.0. The lowest BCUT2D eigenvalue weighted by molar-refractivity contribution is 0.102. The highest BCUT2D eigenvalue weighted by Gasteiger charge is 2.15. The molecule has 3 heterocycles. The summed E-state index contributed by atoms with van der Waals surface area (Å²) in [5.74, 6) is 0.368. The lowest BCUT2D eigenvalue weighted by Gasteiger charge is -2.18. The summed E-state index contributed by atoms with van der Waals surface area (Å²) in [7, 11) is 0. The number of carbonyl (C=O) groups excluding carboxylic acids is 1. The lowest BCUT2D eigenvalue weighted by atomic mass is 9.87. The van der Waals surface area contributed by atoms with Gasteiger partial charge in [0.15, 0.2) is 5.82 Å². The molecular weight excluding hydrogens is 372 g/mol. The standard InChI is InChI=1S/C22H22N4O.ClH/c1-22(2,3)17-9-6-15(7-10-17)21(27)25-19-14-26-13-16(8-11-20(26)24-19)18-5-4-12-23-18;/h4-14,23H,1-3H3,(H,25,27);1H. The Bertz CT molecular complexity index is 1090. The average Bonchev–Trinajstić information content (AvgIpc) is 3.29. The fourth-order valence-corrected chi connectivity index (χ4v) is 3.03. The van der Waals surface area contributed by atoms with Crippen LogP contribution in [0.1, 0.15) is 36.7 Å². The van der Waals surface area contributed by atoms with Gasteiger partial charge in [0.25, 0.3) is 5.91 Å². The van der Waals surface area contributed by atoms with Crippen molar-refractivity contribution in [2.24, 2.45) is 0 Å². The molecule has 0 atom stereocenters. The lowest BCUT2D eigenvalue weighted by Crippen LogP contribution is -2.14. The summed E-state index contributed by atoms with van der Waals surface area (Å²) < 4.78 is 1.91. The molecule has 1 aromatic carbocycles. The van der Waals surface area contributed by atoms with Gasteiger partial charge in [-0.2, -0.15) is 0 Å². The Labute approximate surface area is 170 Å². The van der Waals surface area contributed by atoms with Gasteiger partial charge in [-0.1, -0.05) is 32.9 Å². The second kappa shape index (κ2) is 7.52. The number of hydrogen-bond donors (Lipinski definition) is 2. The van der Waals surface area contributed by atoms with Crippen molar-refractivity contribution in [3.8, 4) is 11.3 Å². The van der Waals surface area contributed by atoms with E-state index in [0.29, 0.717) is 11.4 Å². The normalized spacial score (nSPS) is 11.2. The maximum atomic E-state index is 12.5. The van der Waals surface area contributed by atoms with Crippen molar-refractivity contribution in [3.05, 3.63) is 78.2 Å². The van der Waals surface area contributed by atoms with Gasteiger partial charge in [-0.25, -0.2) is 4.98 Å². The van der Waals surface area contributed by atoms with Gasteiger partial charge in [-0.15, -0.1) is 12.4 Å². The Morgan fingerprint density at radius 3 is 2.43 bits per heavy atom. The summed E-state index contributed by atoms with van der Waals surface area (Å²) in [6.07, 6.45) is 5.70. The molecule has 2 N–H and O–H groups in total. The van der Waals surface area contributed by atoms with Crippen LogP contribution in [0.5, 0.6) is 0 Å². The molecule has 0 aliphatic carbocycles. The highest BCUT2D eigenvalue weighted by molar-refractivity contribution is 6.03. The number of benzene rings is 1. The van der Waals surface area contributed by atoms with Crippen molar-refractivity contribution in [3.63, 3.8) is 0 Å². The molecule has 4 aromatic rings. The SMILES string of the molecule is CC(C)(C)c1ccc(C(=O)Nc2cn3cc(-c4ccc[nH]4)ccc3n2)cc1.Cl. The van der Waals surface area contributed by atoms with Crippen LogP contribution in [0.3, 0.4) is 0 Å². The number of hydrogen-bond acceptors (Lipinski definition) is 2. The molecular formula is C22H23ClN4O. The summed E-state index contributed by atoms with van der Waals surface area (Å²) >= 11 is 0. The van der Waals surface area contributed by atoms with Crippen LogP contribution in [0.25, 0.3) is 16.9 Å². The van der Waals surface area contributed by atoms with Crippen molar-refractivity contribution in [2.45, 2.75) is 26.2 Å². The molecule has 0 fully saturated rings. The van der Waals surface area contributed by atoms with E-state index >= 15 is 0 Å². The summed E-state index contributed by atoms with van der Waals surface area (Å²) in [4.78, 5) is 20.2. The van der Waals surface area contributed by atoms with Gasteiger partial charge in [0, 0.05) is 29.2 Å². The van der Waals surface area contributed by atoms with Crippen molar-refractivity contribution < 1.29 is 4.79 Å². The zero-order valence-electron chi connectivity index (χ0n) is 16.1. The van der Waals surface area contributed by atoms with Crippen LogP contribution in [0.2, 0.25) is 0 Å². The molecule has 144 valence electrons. The van der Waals surface area contributed by atoms with Gasteiger partial charge in [0.05, 0.1) is 6.20 Å². The minimum Gasteiger partial charge on any atom is -0.361 e. The highest BCUT2D eigenvalue weighted by Crippen LogP contribution is 2.23. The Kier molecular flexibility index (Phi) is 5.29. The fourth-order valence-electron chi connectivity index (χ4n) is 3.03. The molecule has 5 nitrogen and oxygen atoms in total.